The predicted molar refractivity (Wildman–Crippen MR) is 96.7 cm³/mol. The zero-order valence-electron chi connectivity index (χ0n) is 15.5. The normalized spacial score (nSPS) is 13.0. The van der Waals surface area contributed by atoms with Gasteiger partial charge in [0, 0.05) is 12.3 Å². The van der Waals surface area contributed by atoms with Crippen molar-refractivity contribution in [2.75, 3.05) is 0 Å². The Morgan fingerprint density at radius 2 is 1.88 bits per heavy atom. The van der Waals surface area contributed by atoms with Crippen molar-refractivity contribution in [3.05, 3.63) is 23.5 Å². The fourth-order valence-electron chi connectivity index (χ4n) is 3.00. The van der Waals surface area contributed by atoms with Crippen LogP contribution in [0.4, 0.5) is 18.9 Å². The summed E-state index contributed by atoms with van der Waals surface area (Å²) < 4.78 is 41.6. The first-order valence-electron chi connectivity index (χ1n) is 8.73. The van der Waals surface area contributed by atoms with Crippen molar-refractivity contribution in [2.24, 2.45) is 10.9 Å². The van der Waals surface area contributed by atoms with E-state index >= 15 is 0 Å². The molecule has 1 heterocycles. The molecule has 0 aliphatic rings. The van der Waals surface area contributed by atoms with Gasteiger partial charge in [0.05, 0.1) is 22.3 Å². The molecular weight excluding hydrogens is 327 g/mol. The molecule has 0 aliphatic carbocycles. The number of imidazole rings is 1. The van der Waals surface area contributed by atoms with Crippen molar-refractivity contribution in [1.82, 2.24) is 9.55 Å². The largest absolute Gasteiger partial charge is 0.416 e. The molecule has 2 rings (SSSR count). The summed E-state index contributed by atoms with van der Waals surface area (Å²) in [4.78, 5) is 8.70. The number of aromatic nitrogens is 2. The van der Waals surface area contributed by atoms with Crippen LogP contribution in [0.25, 0.3) is 11.0 Å². The highest BCUT2D eigenvalue weighted by molar-refractivity contribution is 5.90. The molecule has 1 aromatic heterocycles. The van der Waals surface area contributed by atoms with Crippen molar-refractivity contribution >= 4 is 22.9 Å². The molecule has 6 heteroatoms. The second-order valence-corrected chi connectivity index (χ2v) is 7.12. The number of aliphatic imine (C=N–C) groups is 1. The van der Waals surface area contributed by atoms with Gasteiger partial charge in [0.25, 0.3) is 0 Å². The van der Waals surface area contributed by atoms with Gasteiger partial charge in [-0.25, -0.2) is 4.98 Å². The van der Waals surface area contributed by atoms with Crippen LogP contribution in [0, 0.1) is 12.8 Å². The Kier molecular flexibility index (Phi) is 5.91. The number of nitrogens with zero attached hydrogens (tertiary/aromatic N) is 3. The minimum Gasteiger partial charge on any atom is -0.324 e. The molecule has 0 fully saturated rings. The van der Waals surface area contributed by atoms with Crippen LogP contribution in [0.2, 0.25) is 0 Å². The van der Waals surface area contributed by atoms with E-state index < -0.39 is 11.7 Å². The van der Waals surface area contributed by atoms with Crippen LogP contribution in [-0.2, 0) is 6.18 Å². The molecule has 25 heavy (non-hydrogen) atoms. The number of rotatable bonds is 6. The summed E-state index contributed by atoms with van der Waals surface area (Å²) in [7, 11) is 0. The van der Waals surface area contributed by atoms with E-state index in [4.69, 9.17) is 0 Å². The highest BCUT2D eigenvalue weighted by atomic mass is 19.4. The smallest absolute Gasteiger partial charge is 0.324 e. The van der Waals surface area contributed by atoms with E-state index in [1.165, 1.54) is 0 Å². The number of fused-ring (bicyclic) bond motifs is 1. The standard InChI is InChI=1S/C19H26F3N3/c1-12(2)8-6-7-9-23-16-10-15(19(20,21)22)11-17-18(16)25(13(3)4)14(5)24-17/h9-13H,6-8H2,1-5H3. The Hall–Kier alpha value is -1.85. The fourth-order valence-corrected chi connectivity index (χ4v) is 3.00. The van der Waals surface area contributed by atoms with Crippen molar-refractivity contribution in [3.8, 4) is 0 Å². The average Bonchev–Trinajstić information content (AvgIpc) is 2.81. The lowest BCUT2D eigenvalue weighted by molar-refractivity contribution is -0.137. The fraction of sp³-hybridized carbons (Fsp3) is 0.579. The van der Waals surface area contributed by atoms with Gasteiger partial charge in [-0.15, -0.1) is 0 Å². The first-order chi connectivity index (χ1) is 11.6. The molecule has 0 radical (unpaired) electrons. The number of hydrogen-bond donors (Lipinski definition) is 0. The van der Waals surface area contributed by atoms with Crippen molar-refractivity contribution in [1.29, 1.82) is 0 Å². The van der Waals surface area contributed by atoms with E-state index in [0.29, 0.717) is 28.5 Å². The summed E-state index contributed by atoms with van der Waals surface area (Å²) in [5.41, 5.74) is 0.641. The maximum Gasteiger partial charge on any atom is 0.416 e. The van der Waals surface area contributed by atoms with Crippen LogP contribution in [0.1, 0.15) is 64.4 Å². The Morgan fingerprint density at radius 1 is 1.20 bits per heavy atom. The minimum atomic E-state index is -4.41. The van der Waals surface area contributed by atoms with Crippen molar-refractivity contribution < 1.29 is 13.2 Å². The number of unbranched alkanes of at least 4 members (excludes halogenated alkanes) is 1. The molecular formula is C19H26F3N3. The third-order valence-electron chi connectivity index (χ3n) is 4.13. The van der Waals surface area contributed by atoms with Gasteiger partial charge >= 0.3 is 6.18 Å². The first-order valence-corrected chi connectivity index (χ1v) is 8.73. The van der Waals surface area contributed by atoms with Crippen LogP contribution in [-0.4, -0.2) is 15.8 Å². The number of aryl methyl sites for hydroxylation is 1. The Labute approximate surface area is 147 Å². The van der Waals surface area contributed by atoms with E-state index in [9.17, 15) is 13.2 Å². The molecule has 3 nitrogen and oxygen atoms in total. The van der Waals surface area contributed by atoms with Crippen LogP contribution in [0.3, 0.4) is 0 Å². The zero-order valence-corrected chi connectivity index (χ0v) is 15.5. The molecule has 0 bridgehead atoms. The molecule has 0 saturated heterocycles. The summed E-state index contributed by atoms with van der Waals surface area (Å²) in [6.07, 6.45) is 0.124. The molecule has 0 aliphatic heterocycles. The molecule has 0 saturated carbocycles. The molecule has 0 unspecified atom stereocenters. The quantitative estimate of drug-likeness (QED) is 0.432. The van der Waals surface area contributed by atoms with Gasteiger partial charge in [0.1, 0.15) is 5.82 Å². The maximum absolute atomic E-state index is 13.2. The summed E-state index contributed by atoms with van der Waals surface area (Å²) in [6, 6.07) is 2.33. The topological polar surface area (TPSA) is 30.2 Å². The van der Waals surface area contributed by atoms with Crippen LogP contribution in [0.15, 0.2) is 17.1 Å². The summed E-state index contributed by atoms with van der Waals surface area (Å²) in [6.45, 7) is 10.1. The highest BCUT2D eigenvalue weighted by Crippen LogP contribution is 2.37. The van der Waals surface area contributed by atoms with Crippen molar-refractivity contribution in [2.45, 2.75) is 66.1 Å². The van der Waals surface area contributed by atoms with Crippen molar-refractivity contribution in [3.63, 3.8) is 0 Å². The third-order valence-corrected chi connectivity index (χ3v) is 4.13. The average molecular weight is 353 g/mol. The summed E-state index contributed by atoms with van der Waals surface area (Å²) >= 11 is 0. The summed E-state index contributed by atoms with van der Waals surface area (Å²) in [5, 5.41) is 0. The monoisotopic (exact) mass is 353 g/mol. The number of hydrogen-bond acceptors (Lipinski definition) is 2. The van der Waals surface area contributed by atoms with Gasteiger partial charge in [-0.1, -0.05) is 20.3 Å². The van der Waals surface area contributed by atoms with Gasteiger partial charge in [0.2, 0.25) is 0 Å². The first kappa shape index (κ1) is 19.5. The van der Waals surface area contributed by atoms with Crippen LogP contribution < -0.4 is 0 Å². The van der Waals surface area contributed by atoms with Crippen LogP contribution in [0.5, 0.6) is 0 Å². The zero-order chi connectivity index (χ0) is 18.8. The SMILES string of the molecule is Cc1nc2cc(C(F)(F)F)cc(N=CCCCC(C)C)c2n1C(C)C. The highest BCUT2D eigenvalue weighted by Gasteiger charge is 2.32. The maximum atomic E-state index is 13.2. The number of halogens is 3. The van der Waals surface area contributed by atoms with Crippen LogP contribution >= 0.6 is 0 Å². The lowest BCUT2D eigenvalue weighted by Gasteiger charge is -2.13. The van der Waals surface area contributed by atoms with E-state index in [2.05, 4.69) is 23.8 Å². The third kappa shape index (κ3) is 4.61. The van der Waals surface area contributed by atoms with Gasteiger partial charge < -0.3 is 4.57 Å². The van der Waals surface area contributed by atoms with Gasteiger partial charge in [-0.05, 0) is 51.7 Å². The second kappa shape index (κ2) is 7.58. The number of alkyl halides is 3. The minimum absolute atomic E-state index is 0.0941. The lowest BCUT2D eigenvalue weighted by Crippen LogP contribution is -2.06. The Bertz CT molecular complexity index is 755. The van der Waals surface area contributed by atoms with E-state index in [1.54, 1.807) is 6.21 Å². The van der Waals surface area contributed by atoms with Gasteiger partial charge in [-0.2, -0.15) is 13.2 Å². The van der Waals surface area contributed by atoms with E-state index in [-0.39, 0.29) is 6.04 Å². The Balaban J connectivity index is 2.48. The summed E-state index contributed by atoms with van der Waals surface area (Å²) in [5.74, 6) is 1.30. The second-order valence-electron chi connectivity index (χ2n) is 7.12. The van der Waals surface area contributed by atoms with E-state index in [0.717, 1.165) is 31.4 Å². The molecule has 0 N–H and O–H groups in total. The lowest BCUT2D eigenvalue weighted by atomic mass is 10.1. The Morgan fingerprint density at radius 3 is 2.44 bits per heavy atom. The van der Waals surface area contributed by atoms with E-state index in [1.807, 2.05) is 25.3 Å². The van der Waals surface area contributed by atoms with Gasteiger partial charge in [-0.3, -0.25) is 4.99 Å². The molecule has 1 aromatic carbocycles. The molecule has 138 valence electrons. The van der Waals surface area contributed by atoms with Gasteiger partial charge in [0.15, 0.2) is 0 Å². The number of benzene rings is 1. The predicted octanol–water partition coefficient (Wildman–Crippen LogP) is 6.47. The molecule has 2 aromatic rings. The molecule has 0 atom stereocenters. The molecule has 0 amide bonds. The molecule has 0 spiro atoms.